The Bertz CT molecular complexity index is 317. The highest BCUT2D eigenvalue weighted by Crippen LogP contribution is 2.17. The van der Waals surface area contributed by atoms with Crippen LogP contribution in [0.4, 0.5) is 0 Å². The van der Waals surface area contributed by atoms with Crippen molar-refractivity contribution in [3.63, 3.8) is 0 Å². The molecule has 0 fully saturated rings. The Morgan fingerprint density at radius 1 is 1.62 bits per heavy atom. The summed E-state index contributed by atoms with van der Waals surface area (Å²) in [6, 6.07) is 10.3. The second-order valence-corrected chi connectivity index (χ2v) is 3.73. The Morgan fingerprint density at radius 3 is 3.00 bits per heavy atom. The second-order valence-electron chi connectivity index (χ2n) is 2.82. The molecule has 0 saturated heterocycles. The Morgan fingerprint density at radius 2 is 2.38 bits per heavy atom. The highest BCUT2D eigenvalue weighted by molar-refractivity contribution is 9.10. The molecular formula is C10H11BrN2. The van der Waals surface area contributed by atoms with Crippen LogP contribution in [0.2, 0.25) is 0 Å². The predicted octanol–water partition coefficient (Wildman–Crippen LogP) is 2.62. The van der Waals surface area contributed by atoms with Crippen LogP contribution in [-0.2, 0) is 0 Å². The summed E-state index contributed by atoms with van der Waals surface area (Å²) in [6.07, 6.45) is 0. The van der Waals surface area contributed by atoms with E-state index in [1.807, 2.05) is 25.1 Å². The summed E-state index contributed by atoms with van der Waals surface area (Å²) in [5.74, 6) is 0. The summed E-state index contributed by atoms with van der Waals surface area (Å²) in [5.41, 5.74) is 1.18. The fourth-order valence-corrected chi connectivity index (χ4v) is 1.51. The number of nitrogens with one attached hydrogen (secondary N) is 1. The molecule has 1 N–H and O–H groups in total. The van der Waals surface area contributed by atoms with Crippen LogP contribution in [0.1, 0.15) is 18.5 Å². The number of hydrogen-bond acceptors (Lipinski definition) is 2. The van der Waals surface area contributed by atoms with Crippen LogP contribution < -0.4 is 5.32 Å². The third kappa shape index (κ3) is 3.17. The van der Waals surface area contributed by atoms with Gasteiger partial charge in [0.25, 0.3) is 0 Å². The lowest BCUT2D eigenvalue weighted by molar-refractivity contribution is 0.621. The van der Waals surface area contributed by atoms with Crippen molar-refractivity contribution < 1.29 is 0 Å². The van der Waals surface area contributed by atoms with E-state index in [4.69, 9.17) is 5.26 Å². The molecule has 0 radical (unpaired) electrons. The van der Waals surface area contributed by atoms with Crippen LogP contribution in [0.25, 0.3) is 0 Å². The van der Waals surface area contributed by atoms with E-state index < -0.39 is 0 Å². The number of rotatable bonds is 3. The molecule has 0 heterocycles. The van der Waals surface area contributed by atoms with Crippen LogP contribution >= 0.6 is 15.9 Å². The fraction of sp³-hybridized carbons (Fsp3) is 0.300. The number of benzene rings is 1. The summed E-state index contributed by atoms with van der Waals surface area (Å²) in [5, 5.41) is 11.5. The molecule has 0 amide bonds. The first-order chi connectivity index (χ1) is 6.24. The van der Waals surface area contributed by atoms with E-state index in [9.17, 15) is 0 Å². The molecule has 0 aliphatic heterocycles. The summed E-state index contributed by atoms with van der Waals surface area (Å²) in [6.45, 7) is 2.42. The maximum Gasteiger partial charge on any atom is 0.0845 e. The van der Waals surface area contributed by atoms with Crippen molar-refractivity contribution in [2.24, 2.45) is 0 Å². The van der Waals surface area contributed by atoms with E-state index >= 15 is 0 Å². The van der Waals surface area contributed by atoms with Gasteiger partial charge in [0.15, 0.2) is 0 Å². The Kier molecular flexibility index (Phi) is 3.94. The molecule has 1 rings (SSSR count). The zero-order valence-corrected chi connectivity index (χ0v) is 9.01. The average molecular weight is 239 g/mol. The van der Waals surface area contributed by atoms with Crippen LogP contribution in [-0.4, -0.2) is 6.54 Å². The van der Waals surface area contributed by atoms with Gasteiger partial charge >= 0.3 is 0 Å². The highest BCUT2D eigenvalue weighted by Gasteiger charge is 2.03. The molecule has 1 atom stereocenters. The summed E-state index contributed by atoms with van der Waals surface area (Å²) >= 11 is 3.41. The van der Waals surface area contributed by atoms with Crippen LogP contribution in [0.5, 0.6) is 0 Å². The zero-order chi connectivity index (χ0) is 9.68. The molecule has 0 aliphatic rings. The number of halogens is 1. The van der Waals surface area contributed by atoms with Crippen LogP contribution in [0.3, 0.4) is 0 Å². The van der Waals surface area contributed by atoms with E-state index in [0.717, 1.165) is 4.47 Å². The van der Waals surface area contributed by atoms with Gasteiger partial charge in [0.1, 0.15) is 0 Å². The van der Waals surface area contributed by atoms with Crippen molar-refractivity contribution in [1.29, 1.82) is 5.26 Å². The van der Waals surface area contributed by atoms with Gasteiger partial charge < -0.3 is 0 Å². The number of hydrogen-bond donors (Lipinski definition) is 1. The molecule has 1 aromatic carbocycles. The van der Waals surface area contributed by atoms with Gasteiger partial charge in [0.05, 0.1) is 12.6 Å². The van der Waals surface area contributed by atoms with Crippen molar-refractivity contribution >= 4 is 15.9 Å². The highest BCUT2D eigenvalue weighted by atomic mass is 79.9. The van der Waals surface area contributed by atoms with Crippen molar-refractivity contribution in [1.82, 2.24) is 5.32 Å². The zero-order valence-electron chi connectivity index (χ0n) is 7.42. The largest absolute Gasteiger partial charge is 0.298 e. The monoisotopic (exact) mass is 238 g/mol. The second kappa shape index (κ2) is 5.00. The molecule has 0 aromatic heterocycles. The predicted molar refractivity (Wildman–Crippen MR) is 56.2 cm³/mol. The number of nitriles is 1. The topological polar surface area (TPSA) is 35.8 Å². The normalized spacial score (nSPS) is 12.1. The van der Waals surface area contributed by atoms with Gasteiger partial charge in [-0.2, -0.15) is 5.26 Å². The SMILES string of the molecule is CC(NCC#N)c1cccc(Br)c1. The molecule has 0 bridgehead atoms. The van der Waals surface area contributed by atoms with E-state index in [0.29, 0.717) is 6.54 Å². The van der Waals surface area contributed by atoms with Crippen molar-refractivity contribution in [2.45, 2.75) is 13.0 Å². The quantitative estimate of drug-likeness (QED) is 0.823. The van der Waals surface area contributed by atoms with Crippen molar-refractivity contribution in [3.05, 3.63) is 34.3 Å². The number of nitrogens with zero attached hydrogens (tertiary/aromatic N) is 1. The third-order valence-corrected chi connectivity index (χ3v) is 2.33. The molecule has 1 aromatic rings. The van der Waals surface area contributed by atoms with E-state index in [2.05, 4.69) is 33.4 Å². The summed E-state index contributed by atoms with van der Waals surface area (Å²) in [4.78, 5) is 0. The maximum absolute atomic E-state index is 8.39. The summed E-state index contributed by atoms with van der Waals surface area (Å²) in [7, 11) is 0. The lowest BCUT2D eigenvalue weighted by atomic mass is 10.1. The molecular weight excluding hydrogens is 228 g/mol. The third-order valence-electron chi connectivity index (χ3n) is 1.84. The molecule has 13 heavy (non-hydrogen) atoms. The minimum Gasteiger partial charge on any atom is -0.298 e. The van der Waals surface area contributed by atoms with E-state index in [1.54, 1.807) is 0 Å². The first-order valence-electron chi connectivity index (χ1n) is 4.10. The van der Waals surface area contributed by atoms with Gasteiger partial charge in [0.2, 0.25) is 0 Å². The molecule has 2 nitrogen and oxygen atoms in total. The standard InChI is InChI=1S/C10H11BrN2/c1-8(13-6-5-12)9-3-2-4-10(11)7-9/h2-4,7-8,13H,6H2,1H3. The molecule has 0 aliphatic carbocycles. The van der Waals surface area contributed by atoms with Gasteiger partial charge in [-0.25, -0.2) is 0 Å². The minimum absolute atomic E-state index is 0.220. The van der Waals surface area contributed by atoms with Gasteiger partial charge in [0, 0.05) is 10.5 Å². The molecule has 3 heteroatoms. The Balaban J connectivity index is 2.66. The molecule has 1 unspecified atom stereocenters. The first-order valence-corrected chi connectivity index (χ1v) is 4.89. The lowest BCUT2D eigenvalue weighted by Crippen LogP contribution is -2.18. The average Bonchev–Trinajstić information content (AvgIpc) is 2.14. The molecule has 0 saturated carbocycles. The molecule has 0 spiro atoms. The minimum atomic E-state index is 0.220. The van der Waals surface area contributed by atoms with Crippen LogP contribution in [0.15, 0.2) is 28.7 Å². The Hall–Kier alpha value is -0.850. The van der Waals surface area contributed by atoms with Crippen molar-refractivity contribution in [3.8, 4) is 6.07 Å². The lowest BCUT2D eigenvalue weighted by Gasteiger charge is -2.11. The van der Waals surface area contributed by atoms with Crippen LogP contribution in [0, 0.1) is 11.3 Å². The fourth-order valence-electron chi connectivity index (χ4n) is 1.09. The Labute approximate surface area is 86.7 Å². The van der Waals surface area contributed by atoms with Gasteiger partial charge in [-0.1, -0.05) is 28.1 Å². The van der Waals surface area contributed by atoms with E-state index in [-0.39, 0.29) is 6.04 Å². The van der Waals surface area contributed by atoms with Crippen molar-refractivity contribution in [2.75, 3.05) is 6.54 Å². The summed E-state index contributed by atoms with van der Waals surface area (Å²) < 4.78 is 1.07. The smallest absolute Gasteiger partial charge is 0.0845 e. The van der Waals surface area contributed by atoms with Gasteiger partial charge in [-0.05, 0) is 24.6 Å². The van der Waals surface area contributed by atoms with Gasteiger partial charge in [-0.3, -0.25) is 5.32 Å². The van der Waals surface area contributed by atoms with E-state index in [1.165, 1.54) is 5.56 Å². The van der Waals surface area contributed by atoms with Gasteiger partial charge in [-0.15, -0.1) is 0 Å². The first kappa shape index (κ1) is 10.2. The maximum atomic E-state index is 8.39. The molecule has 68 valence electrons.